The van der Waals surface area contributed by atoms with Gasteiger partial charge < -0.3 is 15.3 Å². The Morgan fingerprint density at radius 2 is 2.09 bits per heavy atom. The van der Waals surface area contributed by atoms with E-state index in [2.05, 4.69) is 0 Å². The fourth-order valence-electron chi connectivity index (χ4n) is 2.92. The summed E-state index contributed by atoms with van der Waals surface area (Å²) in [5.74, 6) is -1.23. The number of aliphatic hydroxyl groups excluding tert-OH is 2. The van der Waals surface area contributed by atoms with E-state index in [1.54, 1.807) is 12.2 Å². The first-order chi connectivity index (χ1) is 11.0. The SMILES string of the molecule is CC/C=C\C[C@H]1C(=O)C[C@H](O)[C@H]1/C=C/[C@H](O)CCCCC(=O)O. The van der Waals surface area contributed by atoms with Crippen molar-refractivity contribution < 1.29 is 24.9 Å². The molecule has 23 heavy (non-hydrogen) atoms. The molecule has 0 aromatic carbocycles. The van der Waals surface area contributed by atoms with Crippen LogP contribution in [0.2, 0.25) is 0 Å². The highest BCUT2D eigenvalue weighted by molar-refractivity contribution is 5.84. The molecule has 0 spiro atoms. The van der Waals surface area contributed by atoms with E-state index in [9.17, 15) is 19.8 Å². The number of aliphatic hydroxyl groups is 2. The number of carbonyl (C=O) groups is 2. The zero-order chi connectivity index (χ0) is 17.2. The minimum Gasteiger partial charge on any atom is -0.481 e. The molecule has 130 valence electrons. The molecule has 1 fully saturated rings. The van der Waals surface area contributed by atoms with E-state index in [4.69, 9.17) is 5.11 Å². The lowest BCUT2D eigenvalue weighted by Gasteiger charge is -2.16. The van der Waals surface area contributed by atoms with Gasteiger partial charge in [0.2, 0.25) is 0 Å². The number of unbranched alkanes of at least 4 members (excludes halogenated alkanes) is 1. The molecular formula is C18H28O5. The molecule has 5 heteroatoms. The minimum atomic E-state index is -0.828. The molecule has 0 aromatic rings. The number of allylic oxidation sites excluding steroid dienone is 2. The second-order valence-corrected chi connectivity index (χ2v) is 6.13. The molecular weight excluding hydrogens is 296 g/mol. The van der Waals surface area contributed by atoms with Crippen LogP contribution in [-0.4, -0.2) is 39.3 Å². The van der Waals surface area contributed by atoms with Crippen LogP contribution in [0.5, 0.6) is 0 Å². The summed E-state index contributed by atoms with van der Waals surface area (Å²) in [6, 6.07) is 0. The van der Waals surface area contributed by atoms with Crippen LogP contribution in [0.15, 0.2) is 24.3 Å². The first-order valence-electron chi connectivity index (χ1n) is 8.39. The van der Waals surface area contributed by atoms with Crippen molar-refractivity contribution in [3.8, 4) is 0 Å². The van der Waals surface area contributed by atoms with Crippen LogP contribution in [0.25, 0.3) is 0 Å². The third kappa shape index (κ3) is 7.10. The maximum absolute atomic E-state index is 12.0. The van der Waals surface area contributed by atoms with Gasteiger partial charge in [-0.15, -0.1) is 0 Å². The van der Waals surface area contributed by atoms with Gasteiger partial charge >= 0.3 is 5.97 Å². The predicted octanol–water partition coefficient (Wildman–Crippen LogP) is 2.47. The third-order valence-corrected chi connectivity index (χ3v) is 4.22. The number of carboxylic acid groups (broad SMARTS) is 1. The highest BCUT2D eigenvalue weighted by atomic mass is 16.4. The van der Waals surface area contributed by atoms with Gasteiger partial charge in [0.25, 0.3) is 0 Å². The zero-order valence-corrected chi connectivity index (χ0v) is 13.7. The Kier molecular flexibility index (Phi) is 8.81. The lowest BCUT2D eigenvalue weighted by Crippen LogP contribution is -2.18. The number of ketones is 1. The van der Waals surface area contributed by atoms with E-state index >= 15 is 0 Å². The summed E-state index contributed by atoms with van der Waals surface area (Å²) in [4.78, 5) is 22.4. The van der Waals surface area contributed by atoms with E-state index < -0.39 is 18.2 Å². The van der Waals surface area contributed by atoms with Crippen LogP contribution in [0.4, 0.5) is 0 Å². The van der Waals surface area contributed by atoms with Gasteiger partial charge in [-0.05, 0) is 32.1 Å². The molecule has 1 aliphatic rings. The summed E-state index contributed by atoms with van der Waals surface area (Å²) in [5.41, 5.74) is 0. The summed E-state index contributed by atoms with van der Waals surface area (Å²) in [6.45, 7) is 2.03. The lowest BCUT2D eigenvalue weighted by atomic mass is 9.90. The van der Waals surface area contributed by atoms with Gasteiger partial charge in [0, 0.05) is 24.7 Å². The standard InChI is InChI=1S/C18H28O5/c1-2-3-4-8-14-15(17(21)12-16(14)20)11-10-13(19)7-5-6-9-18(22)23/h3-4,10-11,13-15,17,19,21H,2,5-9,12H2,1H3,(H,22,23)/b4-3-,11-10+/t13-,14-,15+,17+/m1/s1. The summed E-state index contributed by atoms with van der Waals surface area (Å²) in [5, 5.41) is 28.5. The molecule has 0 amide bonds. The van der Waals surface area contributed by atoms with Gasteiger partial charge in [0.15, 0.2) is 0 Å². The Balaban J connectivity index is 2.48. The van der Waals surface area contributed by atoms with Crippen LogP contribution in [0.1, 0.15) is 51.9 Å². The predicted molar refractivity (Wildman–Crippen MR) is 87.9 cm³/mol. The van der Waals surface area contributed by atoms with Crippen molar-refractivity contribution >= 4 is 11.8 Å². The molecule has 0 unspecified atom stereocenters. The fraction of sp³-hybridized carbons (Fsp3) is 0.667. The Bertz CT molecular complexity index is 441. The molecule has 0 aromatic heterocycles. The van der Waals surface area contributed by atoms with Crippen molar-refractivity contribution in [3.05, 3.63) is 24.3 Å². The smallest absolute Gasteiger partial charge is 0.303 e. The number of rotatable bonds is 10. The molecule has 1 saturated carbocycles. The number of hydrogen-bond acceptors (Lipinski definition) is 4. The lowest BCUT2D eigenvalue weighted by molar-refractivity contribution is -0.137. The van der Waals surface area contributed by atoms with Gasteiger partial charge in [0.05, 0.1) is 12.2 Å². The quantitative estimate of drug-likeness (QED) is 0.424. The van der Waals surface area contributed by atoms with Crippen LogP contribution in [0, 0.1) is 11.8 Å². The molecule has 0 heterocycles. The normalized spacial score (nSPS) is 26.4. The van der Waals surface area contributed by atoms with Gasteiger partial charge in [-0.1, -0.05) is 31.2 Å². The maximum atomic E-state index is 12.0. The molecule has 5 nitrogen and oxygen atoms in total. The van der Waals surface area contributed by atoms with Crippen molar-refractivity contribution in [2.24, 2.45) is 11.8 Å². The average Bonchev–Trinajstić information content (AvgIpc) is 2.75. The van der Waals surface area contributed by atoms with E-state index in [0.29, 0.717) is 25.7 Å². The summed E-state index contributed by atoms with van der Waals surface area (Å²) >= 11 is 0. The van der Waals surface area contributed by atoms with Crippen LogP contribution in [-0.2, 0) is 9.59 Å². The van der Waals surface area contributed by atoms with E-state index in [0.717, 1.165) is 6.42 Å². The average molecular weight is 324 g/mol. The van der Waals surface area contributed by atoms with E-state index in [-0.39, 0.29) is 30.5 Å². The maximum Gasteiger partial charge on any atom is 0.303 e. The number of aliphatic carboxylic acids is 1. The summed E-state index contributed by atoms with van der Waals surface area (Å²) in [6.07, 6.45) is 9.49. The van der Waals surface area contributed by atoms with Crippen molar-refractivity contribution in [1.29, 1.82) is 0 Å². The molecule has 0 aliphatic heterocycles. The second kappa shape index (κ2) is 10.3. The number of carboxylic acids is 1. The fourth-order valence-corrected chi connectivity index (χ4v) is 2.92. The minimum absolute atomic E-state index is 0.0730. The summed E-state index contributed by atoms with van der Waals surface area (Å²) < 4.78 is 0. The first-order valence-corrected chi connectivity index (χ1v) is 8.39. The highest BCUT2D eigenvalue weighted by Gasteiger charge is 2.39. The number of carbonyl (C=O) groups excluding carboxylic acids is 1. The van der Waals surface area contributed by atoms with Gasteiger partial charge in [-0.25, -0.2) is 0 Å². The van der Waals surface area contributed by atoms with Gasteiger partial charge in [-0.3, -0.25) is 9.59 Å². The second-order valence-electron chi connectivity index (χ2n) is 6.13. The molecule has 1 rings (SSSR count). The molecule has 3 N–H and O–H groups in total. The molecule has 1 aliphatic carbocycles. The van der Waals surface area contributed by atoms with E-state index in [1.165, 1.54) is 0 Å². The summed E-state index contributed by atoms with van der Waals surface area (Å²) in [7, 11) is 0. The number of hydrogen-bond donors (Lipinski definition) is 3. The largest absolute Gasteiger partial charge is 0.481 e. The Labute approximate surface area is 137 Å². The van der Waals surface area contributed by atoms with Crippen LogP contribution in [0.3, 0.4) is 0 Å². The third-order valence-electron chi connectivity index (χ3n) is 4.22. The molecule has 0 saturated heterocycles. The van der Waals surface area contributed by atoms with Gasteiger partial charge in [-0.2, -0.15) is 0 Å². The zero-order valence-electron chi connectivity index (χ0n) is 13.7. The number of Topliss-reactive ketones (excluding diaryl/α,β-unsaturated/α-hetero) is 1. The first kappa shape index (κ1) is 19.6. The Hall–Kier alpha value is -1.46. The van der Waals surface area contributed by atoms with Crippen LogP contribution >= 0.6 is 0 Å². The van der Waals surface area contributed by atoms with Crippen molar-refractivity contribution in [2.45, 2.75) is 64.1 Å². The molecule has 0 bridgehead atoms. The van der Waals surface area contributed by atoms with Crippen LogP contribution < -0.4 is 0 Å². The highest BCUT2D eigenvalue weighted by Crippen LogP contribution is 2.33. The van der Waals surface area contributed by atoms with Crippen molar-refractivity contribution in [1.82, 2.24) is 0 Å². The van der Waals surface area contributed by atoms with Crippen molar-refractivity contribution in [2.75, 3.05) is 0 Å². The Morgan fingerprint density at radius 1 is 1.35 bits per heavy atom. The van der Waals surface area contributed by atoms with Gasteiger partial charge in [0.1, 0.15) is 5.78 Å². The Morgan fingerprint density at radius 3 is 2.74 bits per heavy atom. The van der Waals surface area contributed by atoms with Crippen molar-refractivity contribution in [3.63, 3.8) is 0 Å². The molecule has 0 radical (unpaired) electrons. The topological polar surface area (TPSA) is 94.8 Å². The molecule has 4 atom stereocenters. The monoisotopic (exact) mass is 324 g/mol. The van der Waals surface area contributed by atoms with E-state index in [1.807, 2.05) is 19.1 Å².